The summed E-state index contributed by atoms with van der Waals surface area (Å²) < 4.78 is 2.45. The van der Waals surface area contributed by atoms with Crippen LogP contribution in [0.4, 0.5) is 0 Å². The molecule has 0 aromatic heterocycles. The van der Waals surface area contributed by atoms with Crippen LogP contribution in [0.5, 0.6) is 0 Å². The normalized spacial score (nSPS) is 18.4. The molecular weight excluding hydrogens is 136 g/mol. The van der Waals surface area contributed by atoms with Gasteiger partial charge in [0.25, 0.3) is 0 Å². The van der Waals surface area contributed by atoms with Crippen molar-refractivity contribution in [3.8, 4) is 0 Å². The maximum atomic E-state index is 3.43. The van der Waals surface area contributed by atoms with Crippen LogP contribution in [0.25, 0.3) is 0 Å². The summed E-state index contributed by atoms with van der Waals surface area (Å²) in [6, 6.07) is 0.641. The van der Waals surface area contributed by atoms with E-state index in [0.717, 1.165) is 6.54 Å². The van der Waals surface area contributed by atoms with Gasteiger partial charge in [0.1, 0.15) is 13.1 Å². The maximum absolute atomic E-state index is 3.43. The van der Waals surface area contributed by atoms with Crippen molar-refractivity contribution in [2.75, 3.05) is 13.1 Å². The van der Waals surface area contributed by atoms with E-state index in [0.29, 0.717) is 12.0 Å². The maximum Gasteiger partial charge on any atom is 0.247 e. The van der Waals surface area contributed by atoms with Gasteiger partial charge in [0.2, 0.25) is 5.84 Å². The van der Waals surface area contributed by atoms with Gasteiger partial charge in [-0.15, -0.1) is 0 Å². The zero-order chi connectivity index (χ0) is 8.43. The van der Waals surface area contributed by atoms with Crippen molar-refractivity contribution in [2.45, 2.75) is 33.7 Å². The van der Waals surface area contributed by atoms with Crippen molar-refractivity contribution in [3.05, 3.63) is 0 Å². The van der Waals surface area contributed by atoms with Crippen LogP contribution >= 0.6 is 0 Å². The van der Waals surface area contributed by atoms with Crippen molar-refractivity contribution in [1.82, 2.24) is 5.32 Å². The molecule has 0 unspecified atom stereocenters. The van der Waals surface area contributed by atoms with Crippen molar-refractivity contribution in [1.29, 1.82) is 0 Å². The monoisotopic (exact) mass is 155 g/mol. The number of nitrogens with one attached hydrogen (secondary N) is 1. The number of rotatable bonds is 2. The fourth-order valence-corrected chi connectivity index (χ4v) is 1.60. The minimum absolute atomic E-state index is 0.639. The van der Waals surface area contributed by atoms with Crippen molar-refractivity contribution >= 4 is 5.84 Å². The second-order valence-corrected chi connectivity index (χ2v) is 3.75. The molecule has 1 aliphatic rings. The number of hydrogen-bond acceptors (Lipinski definition) is 1. The molecule has 1 heterocycles. The second kappa shape index (κ2) is 3.24. The molecule has 1 N–H and O–H groups in total. The van der Waals surface area contributed by atoms with E-state index in [1.165, 1.54) is 12.4 Å². The summed E-state index contributed by atoms with van der Waals surface area (Å²) in [5, 5.41) is 3.43. The van der Waals surface area contributed by atoms with Crippen LogP contribution in [0.15, 0.2) is 0 Å². The third-order valence-electron chi connectivity index (χ3n) is 2.14. The van der Waals surface area contributed by atoms with Gasteiger partial charge in [-0.3, -0.25) is 9.89 Å². The highest BCUT2D eigenvalue weighted by Crippen LogP contribution is 2.02. The molecule has 0 radical (unpaired) electrons. The summed E-state index contributed by atoms with van der Waals surface area (Å²) in [6.07, 6.45) is 0. The van der Waals surface area contributed by atoms with Crippen molar-refractivity contribution in [2.24, 2.45) is 5.92 Å². The molecule has 0 spiro atoms. The molecule has 1 aliphatic heterocycles. The van der Waals surface area contributed by atoms with Gasteiger partial charge in [-0.05, 0) is 13.8 Å². The van der Waals surface area contributed by atoms with Crippen LogP contribution in [0.3, 0.4) is 0 Å². The summed E-state index contributed by atoms with van der Waals surface area (Å²) in [7, 11) is 0. The summed E-state index contributed by atoms with van der Waals surface area (Å²) in [5.74, 6) is 2.06. The van der Waals surface area contributed by atoms with Crippen LogP contribution < -0.4 is 5.32 Å². The van der Waals surface area contributed by atoms with E-state index in [-0.39, 0.29) is 0 Å². The van der Waals surface area contributed by atoms with Gasteiger partial charge in [-0.1, -0.05) is 13.8 Å². The molecule has 2 nitrogen and oxygen atoms in total. The van der Waals surface area contributed by atoms with E-state index in [1.54, 1.807) is 0 Å². The Kier molecular flexibility index (Phi) is 2.53. The number of amidine groups is 1. The predicted octanol–water partition coefficient (Wildman–Crippen LogP) is 1.06. The minimum Gasteiger partial charge on any atom is -0.274 e. The van der Waals surface area contributed by atoms with Crippen LogP contribution in [-0.2, 0) is 0 Å². The molecule has 0 aliphatic carbocycles. The van der Waals surface area contributed by atoms with Gasteiger partial charge in [-0.25, -0.2) is 0 Å². The van der Waals surface area contributed by atoms with E-state index >= 15 is 0 Å². The average Bonchev–Trinajstić information content (AvgIpc) is 2.32. The largest absolute Gasteiger partial charge is 0.274 e. The van der Waals surface area contributed by atoms with E-state index < -0.39 is 0 Å². The first-order chi connectivity index (χ1) is 5.13. The van der Waals surface area contributed by atoms with Crippen LogP contribution in [0.1, 0.15) is 27.7 Å². The first kappa shape index (κ1) is 8.57. The Balaban J connectivity index is 2.77. The van der Waals surface area contributed by atoms with Crippen molar-refractivity contribution < 1.29 is 4.58 Å². The predicted molar refractivity (Wildman–Crippen MR) is 48.1 cm³/mol. The highest BCUT2D eigenvalue weighted by Gasteiger charge is 2.24. The molecule has 0 aromatic carbocycles. The molecule has 0 saturated heterocycles. The van der Waals surface area contributed by atoms with Crippen molar-refractivity contribution in [3.63, 3.8) is 0 Å². The second-order valence-electron chi connectivity index (χ2n) is 3.75. The average molecular weight is 155 g/mol. The van der Waals surface area contributed by atoms with Gasteiger partial charge < -0.3 is 0 Å². The Hall–Kier alpha value is -0.530. The lowest BCUT2D eigenvalue weighted by Crippen LogP contribution is -2.31. The zero-order valence-electron chi connectivity index (χ0n) is 8.02. The Morgan fingerprint density at radius 1 is 1.27 bits per heavy atom. The molecule has 0 fully saturated rings. The van der Waals surface area contributed by atoms with Gasteiger partial charge in [-0.2, -0.15) is 0 Å². The van der Waals surface area contributed by atoms with E-state index in [9.17, 15) is 0 Å². The van der Waals surface area contributed by atoms with Gasteiger partial charge in [0, 0.05) is 0 Å². The summed E-state index contributed by atoms with van der Waals surface area (Å²) in [6.45, 7) is 11.3. The molecule has 0 saturated carbocycles. The fourth-order valence-electron chi connectivity index (χ4n) is 1.60. The first-order valence-corrected chi connectivity index (χ1v) is 4.50. The van der Waals surface area contributed by atoms with Gasteiger partial charge >= 0.3 is 0 Å². The Labute approximate surface area is 69.3 Å². The zero-order valence-corrected chi connectivity index (χ0v) is 8.02. The molecule has 64 valence electrons. The number of nitrogens with zero attached hydrogens (tertiary/aromatic N) is 1. The summed E-state index contributed by atoms with van der Waals surface area (Å²) in [5.41, 5.74) is 0. The lowest BCUT2D eigenvalue weighted by Gasteiger charge is -2.09. The third kappa shape index (κ3) is 1.73. The van der Waals surface area contributed by atoms with Crippen LogP contribution in [0, 0.1) is 5.92 Å². The Bertz CT molecular complexity index is 150. The highest BCUT2D eigenvalue weighted by atomic mass is 15.2. The van der Waals surface area contributed by atoms with Crippen LogP contribution in [-0.4, -0.2) is 29.5 Å². The minimum atomic E-state index is 0.639. The third-order valence-corrected chi connectivity index (χ3v) is 2.14. The topological polar surface area (TPSA) is 15.0 Å². The molecule has 11 heavy (non-hydrogen) atoms. The van der Waals surface area contributed by atoms with Crippen LogP contribution in [0.2, 0.25) is 0 Å². The molecular formula is C9H19N2+. The van der Waals surface area contributed by atoms with Gasteiger partial charge in [0.05, 0.1) is 12.0 Å². The van der Waals surface area contributed by atoms with E-state index in [2.05, 4.69) is 37.6 Å². The lowest BCUT2D eigenvalue weighted by molar-refractivity contribution is -0.551. The molecule has 2 heteroatoms. The summed E-state index contributed by atoms with van der Waals surface area (Å²) >= 11 is 0. The van der Waals surface area contributed by atoms with E-state index in [1.807, 2.05) is 0 Å². The Morgan fingerprint density at radius 3 is 2.27 bits per heavy atom. The summed E-state index contributed by atoms with van der Waals surface area (Å²) in [4.78, 5) is 0. The fraction of sp³-hybridized carbons (Fsp3) is 0.889. The molecule has 0 amide bonds. The van der Waals surface area contributed by atoms with E-state index in [4.69, 9.17) is 0 Å². The molecule has 1 rings (SSSR count). The molecule has 0 aromatic rings. The quantitative estimate of drug-likeness (QED) is 0.589. The molecule has 0 bridgehead atoms. The molecule has 0 atom stereocenters. The van der Waals surface area contributed by atoms with Gasteiger partial charge in [0.15, 0.2) is 0 Å². The first-order valence-electron chi connectivity index (χ1n) is 4.50. The lowest BCUT2D eigenvalue weighted by atomic mass is 10.2. The smallest absolute Gasteiger partial charge is 0.247 e. The Morgan fingerprint density at radius 2 is 1.91 bits per heavy atom. The highest BCUT2D eigenvalue weighted by molar-refractivity contribution is 5.80. The SMILES string of the molecule is CC(C)C1=[N+](C(C)C)CCN1. The number of hydrogen-bond donors (Lipinski definition) is 1. The standard InChI is InChI=1S/C9H18N2/c1-7(2)9-10-5-6-11(9)8(3)4/h7-8H,5-6H2,1-4H3/p+1.